The largest absolute Gasteiger partial charge is 0.381 e. The number of hydrogen-bond donors (Lipinski definition) is 0. The van der Waals surface area contributed by atoms with Gasteiger partial charge < -0.3 is 4.74 Å². The van der Waals surface area contributed by atoms with Crippen LogP contribution in [-0.4, -0.2) is 19.0 Å². The highest BCUT2D eigenvalue weighted by Crippen LogP contribution is 2.23. The quantitative estimate of drug-likeness (QED) is 0.719. The van der Waals surface area contributed by atoms with Crippen molar-refractivity contribution in [3.63, 3.8) is 0 Å². The fourth-order valence-corrected chi connectivity index (χ4v) is 2.67. The first-order valence-electron chi connectivity index (χ1n) is 5.05. The van der Waals surface area contributed by atoms with E-state index in [0.717, 1.165) is 22.4 Å². The van der Waals surface area contributed by atoms with Gasteiger partial charge in [-0.2, -0.15) is 0 Å². The van der Waals surface area contributed by atoms with Gasteiger partial charge in [0.25, 0.3) is 0 Å². The summed E-state index contributed by atoms with van der Waals surface area (Å²) in [5.41, 5.74) is 0. The minimum Gasteiger partial charge on any atom is -0.381 e. The van der Waals surface area contributed by atoms with Gasteiger partial charge in [0.1, 0.15) is 5.78 Å². The number of rotatable bonds is 7. The van der Waals surface area contributed by atoms with Crippen LogP contribution in [0.3, 0.4) is 0 Å². The summed E-state index contributed by atoms with van der Waals surface area (Å²) >= 11 is 5.03. The van der Waals surface area contributed by atoms with Gasteiger partial charge in [-0.3, -0.25) is 4.79 Å². The topological polar surface area (TPSA) is 26.3 Å². The van der Waals surface area contributed by atoms with Crippen molar-refractivity contribution >= 4 is 33.0 Å². The van der Waals surface area contributed by atoms with Crippen molar-refractivity contribution in [1.29, 1.82) is 0 Å². The van der Waals surface area contributed by atoms with Gasteiger partial charge in [0.05, 0.1) is 6.61 Å². The molecule has 0 atom stereocenters. The van der Waals surface area contributed by atoms with Crippen LogP contribution in [0.1, 0.15) is 24.6 Å². The molecule has 0 saturated carbocycles. The van der Waals surface area contributed by atoms with Crippen LogP contribution in [0, 0.1) is 0 Å². The number of hydrogen-bond acceptors (Lipinski definition) is 3. The lowest BCUT2D eigenvalue weighted by atomic mass is 10.2. The molecule has 0 fully saturated rings. The van der Waals surface area contributed by atoms with Crippen LogP contribution < -0.4 is 0 Å². The lowest BCUT2D eigenvalue weighted by molar-refractivity contribution is -0.119. The molecule has 1 heterocycles. The average Bonchev–Trinajstić information content (AvgIpc) is 2.59. The lowest BCUT2D eigenvalue weighted by Gasteiger charge is -2.01. The zero-order valence-electron chi connectivity index (χ0n) is 8.79. The van der Waals surface area contributed by atoms with Crippen molar-refractivity contribution in [1.82, 2.24) is 0 Å². The standard InChI is InChI=1S/C11H15BrO2S/c1-2-5-14-6-3-9(13)8-11-10(12)4-7-15-11/h4,7H,2-3,5-6,8H2,1H3. The van der Waals surface area contributed by atoms with E-state index in [4.69, 9.17) is 4.74 Å². The summed E-state index contributed by atoms with van der Waals surface area (Å²) in [4.78, 5) is 12.6. The van der Waals surface area contributed by atoms with Gasteiger partial charge in [-0.05, 0) is 33.8 Å². The van der Waals surface area contributed by atoms with Crippen LogP contribution in [-0.2, 0) is 16.0 Å². The summed E-state index contributed by atoms with van der Waals surface area (Å²) in [6.45, 7) is 3.36. The van der Waals surface area contributed by atoms with Gasteiger partial charge >= 0.3 is 0 Å². The van der Waals surface area contributed by atoms with Crippen molar-refractivity contribution in [2.75, 3.05) is 13.2 Å². The highest BCUT2D eigenvalue weighted by Gasteiger charge is 2.07. The average molecular weight is 291 g/mol. The molecule has 1 rings (SSSR count). The van der Waals surface area contributed by atoms with Crippen molar-refractivity contribution < 1.29 is 9.53 Å². The molecule has 0 aliphatic rings. The molecule has 2 nitrogen and oxygen atoms in total. The van der Waals surface area contributed by atoms with E-state index in [1.165, 1.54) is 0 Å². The molecule has 0 aliphatic heterocycles. The summed E-state index contributed by atoms with van der Waals surface area (Å²) < 4.78 is 6.31. The maximum absolute atomic E-state index is 11.5. The molecule has 0 aliphatic carbocycles. The second kappa shape index (κ2) is 7.14. The Morgan fingerprint density at radius 2 is 2.33 bits per heavy atom. The normalized spacial score (nSPS) is 10.5. The van der Waals surface area contributed by atoms with Gasteiger partial charge in [0.2, 0.25) is 0 Å². The Balaban J connectivity index is 2.22. The molecule has 0 amide bonds. The van der Waals surface area contributed by atoms with E-state index in [0.29, 0.717) is 19.4 Å². The van der Waals surface area contributed by atoms with Crippen LogP contribution in [0.5, 0.6) is 0 Å². The maximum Gasteiger partial charge on any atom is 0.140 e. The van der Waals surface area contributed by atoms with Crippen molar-refractivity contribution in [2.24, 2.45) is 0 Å². The third kappa shape index (κ3) is 4.91. The minimum atomic E-state index is 0.245. The fraction of sp³-hybridized carbons (Fsp3) is 0.545. The Labute approximate surface area is 103 Å². The Morgan fingerprint density at radius 1 is 1.53 bits per heavy atom. The summed E-state index contributed by atoms with van der Waals surface area (Å²) in [6.07, 6.45) is 2.04. The van der Waals surface area contributed by atoms with Crippen LogP contribution >= 0.6 is 27.3 Å². The first-order valence-corrected chi connectivity index (χ1v) is 6.72. The Morgan fingerprint density at radius 3 is 2.93 bits per heavy atom. The molecule has 0 saturated heterocycles. The fourth-order valence-electron chi connectivity index (χ4n) is 1.15. The Hall–Kier alpha value is -0.190. The smallest absolute Gasteiger partial charge is 0.140 e. The summed E-state index contributed by atoms with van der Waals surface area (Å²) in [5.74, 6) is 0.245. The van der Waals surface area contributed by atoms with E-state index in [2.05, 4.69) is 22.9 Å². The highest BCUT2D eigenvalue weighted by molar-refractivity contribution is 9.10. The van der Waals surface area contributed by atoms with Crippen molar-refractivity contribution in [3.8, 4) is 0 Å². The molecule has 0 N–H and O–H groups in total. The molecule has 15 heavy (non-hydrogen) atoms. The van der Waals surface area contributed by atoms with Gasteiger partial charge in [-0.15, -0.1) is 11.3 Å². The Kier molecular flexibility index (Phi) is 6.13. The van der Waals surface area contributed by atoms with E-state index in [1.807, 2.05) is 11.4 Å². The molecule has 0 aromatic carbocycles. The van der Waals surface area contributed by atoms with E-state index in [-0.39, 0.29) is 5.78 Å². The minimum absolute atomic E-state index is 0.245. The molecule has 4 heteroatoms. The SMILES string of the molecule is CCCOCCC(=O)Cc1sccc1Br. The maximum atomic E-state index is 11.5. The van der Waals surface area contributed by atoms with E-state index in [1.54, 1.807) is 11.3 Å². The molecular formula is C11H15BrO2S. The van der Waals surface area contributed by atoms with Crippen molar-refractivity contribution in [2.45, 2.75) is 26.2 Å². The predicted molar refractivity (Wildman–Crippen MR) is 66.5 cm³/mol. The van der Waals surface area contributed by atoms with E-state index >= 15 is 0 Å². The third-order valence-electron chi connectivity index (χ3n) is 1.92. The van der Waals surface area contributed by atoms with Crippen LogP contribution in [0.2, 0.25) is 0 Å². The third-order valence-corrected chi connectivity index (χ3v) is 3.85. The molecule has 0 bridgehead atoms. The number of carbonyl (C=O) groups is 1. The van der Waals surface area contributed by atoms with Gasteiger partial charge in [0.15, 0.2) is 0 Å². The Bertz CT molecular complexity index is 309. The van der Waals surface area contributed by atoms with E-state index < -0.39 is 0 Å². The number of halogens is 1. The van der Waals surface area contributed by atoms with Crippen LogP contribution in [0.4, 0.5) is 0 Å². The number of Topliss-reactive ketones (excluding diaryl/α,β-unsaturated/α-hetero) is 1. The van der Waals surface area contributed by atoms with Gasteiger partial charge in [-0.1, -0.05) is 6.92 Å². The molecule has 1 aromatic heterocycles. The molecule has 0 spiro atoms. The highest BCUT2D eigenvalue weighted by atomic mass is 79.9. The number of carbonyl (C=O) groups excluding carboxylic acids is 1. The van der Waals surface area contributed by atoms with E-state index in [9.17, 15) is 4.79 Å². The number of ketones is 1. The number of ether oxygens (including phenoxy) is 1. The van der Waals surface area contributed by atoms with Gasteiger partial charge in [0, 0.05) is 28.8 Å². The first-order chi connectivity index (χ1) is 7.24. The van der Waals surface area contributed by atoms with Gasteiger partial charge in [-0.25, -0.2) is 0 Å². The zero-order chi connectivity index (χ0) is 11.1. The molecule has 0 unspecified atom stereocenters. The summed E-state index contributed by atoms with van der Waals surface area (Å²) in [7, 11) is 0. The molecule has 0 radical (unpaired) electrons. The van der Waals surface area contributed by atoms with Crippen molar-refractivity contribution in [3.05, 3.63) is 20.8 Å². The predicted octanol–water partition coefficient (Wildman–Crippen LogP) is 3.44. The number of thiophene rings is 1. The second-order valence-corrected chi connectivity index (χ2v) is 5.12. The molecular weight excluding hydrogens is 276 g/mol. The molecule has 84 valence electrons. The van der Waals surface area contributed by atoms with Crippen LogP contribution in [0.15, 0.2) is 15.9 Å². The zero-order valence-corrected chi connectivity index (χ0v) is 11.2. The first kappa shape index (κ1) is 12.9. The van der Waals surface area contributed by atoms with Crippen LogP contribution in [0.25, 0.3) is 0 Å². The lowest BCUT2D eigenvalue weighted by Crippen LogP contribution is -2.07. The molecule has 1 aromatic rings. The second-order valence-electron chi connectivity index (χ2n) is 3.27. The monoisotopic (exact) mass is 290 g/mol. The summed E-state index contributed by atoms with van der Waals surface area (Å²) in [6, 6.07) is 1.97. The summed E-state index contributed by atoms with van der Waals surface area (Å²) in [5, 5.41) is 1.99.